The van der Waals surface area contributed by atoms with Crippen LogP contribution in [0.1, 0.15) is 30.0 Å². The van der Waals surface area contributed by atoms with Gasteiger partial charge in [-0.05, 0) is 50.9 Å². The number of aliphatic carboxylic acids is 1. The van der Waals surface area contributed by atoms with Crippen LogP contribution in [0, 0.1) is 13.8 Å². The van der Waals surface area contributed by atoms with Crippen molar-refractivity contribution in [2.75, 3.05) is 13.7 Å². The molecule has 0 heterocycles. The van der Waals surface area contributed by atoms with Gasteiger partial charge in [-0.25, -0.2) is 0 Å². The van der Waals surface area contributed by atoms with Crippen molar-refractivity contribution in [2.24, 2.45) is 5.73 Å². The van der Waals surface area contributed by atoms with Crippen molar-refractivity contribution < 1.29 is 14.6 Å². The molecule has 0 bridgehead atoms. The van der Waals surface area contributed by atoms with E-state index >= 15 is 0 Å². The van der Waals surface area contributed by atoms with Gasteiger partial charge >= 0.3 is 5.97 Å². The fraction of sp³-hybridized carbons (Fsp3) is 0.500. The van der Waals surface area contributed by atoms with Gasteiger partial charge in [-0.15, -0.1) is 0 Å². The van der Waals surface area contributed by atoms with E-state index in [4.69, 9.17) is 10.5 Å². The van der Waals surface area contributed by atoms with E-state index in [1.807, 2.05) is 26.0 Å². The molecule has 0 aliphatic carbocycles. The quantitative estimate of drug-likeness (QED) is 0.839. The highest BCUT2D eigenvalue weighted by atomic mass is 16.5. The molecule has 0 aromatic heterocycles. The van der Waals surface area contributed by atoms with Gasteiger partial charge in [0.2, 0.25) is 0 Å². The lowest BCUT2D eigenvalue weighted by molar-refractivity contribution is -0.143. The minimum absolute atomic E-state index is 0.318. The minimum atomic E-state index is -1.02. The molecule has 0 spiro atoms. The Morgan fingerprint density at radius 2 is 1.94 bits per heavy atom. The van der Waals surface area contributed by atoms with E-state index in [0.717, 1.165) is 11.1 Å². The number of carboxylic acid groups (broad SMARTS) is 1. The molecule has 4 nitrogen and oxygen atoms in total. The Hall–Kier alpha value is -1.55. The van der Waals surface area contributed by atoms with Gasteiger partial charge in [-0.1, -0.05) is 6.07 Å². The van der Waals surface area contributed by atoms with Crippen molar-refractivity contribution in [3.8, 4) is 5.75 Å². The molecule has 1 unspecified atom stereocenters. The number of methoxy groups -OCH3 is 1. The average Bonchev–Trinajstić information content (AvgIpc) is 2.31. The summed E-state index contributed by atoms with van der Waals surface area (Å²) < 4.78 is 5.32. The molecular weight excluding hydrogens is 230 g/mol. The molecular formula is C14H21NO3. The van der Waals surface area contributed by atoms with Gasteiger partial charge in [-0.3, -0.25) is 4.79 Å². The van der Waals surface area contributed by atoms with E-state index in [-0.39, 0.29) is 0 Å². The normalized spacial score (nSPS) is 14.1. The first-order valence-electron chi connectivity index (χ1n) is 5.96. The standard InChI is InChI=1S/C14H21NO3/c1-9-7-11(12(18-4)8-10(9)2)14(3,5-6-15)13(16)17/h7-8H,5-6,15H2,1-4H3,(H,16,17). The summed E-state index contributed by atoms with van der Waals surface area (Å²) in [6, 6.07) is 3.76. The summed E-state index contributed by atoms with van der Waals surface area (Å²) in [7, 11) is 1.55. The third-order valence-corrected chi connectivity index (χ3v) is 3.53. The molecule has 0 fully saturated rings. The average molecular weight is 251 g/mol. The Balaban J connectivity index is 3.45. The van der Waals surface area contributed by atoms with Crippen LogP contribution in [0.4, 0.5) is 0 Å². The molecule has 3 N–H and O–H groups in total. The molecule has 0 amide bonds. The Bertz CT molecular complexity index is 457. The van der Waals surface area contributed by atoms with Gasteiger partial charge in [0.15, 0.2) is 0 Å². The summed E-state index contributed by atoms with van der Waals surface area (Å²) in [5.41, 5.74) is 7.35. The molecule has 0 radical (unpaired) electrons. The number of hydrogen-bond acceptors (Lipinski definition) is 3. The first-order valence-corrected chi connectivity index (χ1v) is 5.96. The van der Waals surface area contributed by atoms with Crippen molar-refractivity contribution in [2.45, 2.75) is 32.6 Å². The number of nitrogens with two attached hydrogens (primary N) is 1. The van der Waals surface area contributed by atoms with Crippen LogP contribution < -0.4 is 10.5 Å². The van der Waals surface area contributed by atoms with Crippen molar-refractivity contribution in [1.29, 1.82) is 0 Å². The lowest BCUT2D eigenvalue weighted by Crippen LogP contribution is -2.35. The molecule has 0 aliphatic rings. The minimum Gasteiger partial charge on any atom is -0.496 e. The van der Waals surface area contributed by atoms with Gasteiger partial charge in [0.1, 0.15) is 5.75 Å². The molecule has 18 heavy (non-hydrogen) atoms. The Morgan fingerprint density at radius 3 is 2.39 bits per heavy atom. The van der Waals surface area contributed by atoms with Crippen molar-refractivity contribution in [1.82, 2.24) is 0 Å². The zero-order valence-corrected chi connectivity index (χ0v) is 11.4. The number of aryl methyl sites for hydroxylation is 2. The molecule has 0 saturated carbocycles. The van der Waals surface area contributed by atoms with Crippen molar-refractivity contribution in [3.63, 3.8) is 0 Å². The summed E-state index contributed by atoms with van der Waals surface area (Å²) >= 11 is 0. The van der Waals surface area contributed by atoms with Gasteiger partial charge < -0.3 is 15.6 Å². The van der Waals surface area contributed by atoms with Crippen LogP contribution in [-0.4, -0.2) is 24.7 Å². The summed E-state index contributed by atoms with van der Waals surface area (Å²) in [5, 5.41) is 9.49. The van der Waals surface area contributed by atoms with Crippen LogP contribution in [0.5, 0.6) is 5.75 Å². The third-order valence-electron chi connectivity index (χ3n) is 3.53. The predicted molar refractivity (Wildman–Crippen MR) is 71.1 cm³/mol. The number of rotatable bonds is 5. The van der Waals surface area contributed by atoms with Gasteiger partial charge in [0.25, 0.3) is 0 Å². The van der Waals surface area contributed by atoms with Crippen LogP contribution >= 0.6 is 0 Å². The molecule has 100 valence electrons. The fourth-order valence-electron chi connectivity index (χ4n) is 2.04. The number of hydrogen-bond donors (Lipinski definition) is 2. The SMILES string of the molecule is COc1cc(C)c(C)cc1C(C)(CCN)C(=O)O. The van der Waals surface area contributed by atoms with Gasteiger partial charge in [-0.2, -0.15) is 0 Å². The van der Waals surface area contributed by atoms with Crippen LogP contribution in [-0.2, 0) is 10.2 Å². The lowest BCUT2D eigenvalue weighted by Gasteiger charge is -2.27. The molecule has 1 aromatic carbocycles. The molecule has 0 saturated heterocycles. The smallest absolute Gasteiger partial charge is 0.314 e. The van der Waals surface area contributed by atoms with E-state index in [0.29, 0.717) is 24.3 Å². The molecule has 1 aromatic rings. The third kappa shape index (κ3) is 2.48. The predicted octanol–water partition coefficient (Wildman–Crippen LogP) is 2.00. The maximum Gasteiger partial charge on any atom is 0.314 e. The number of ether oxygens (including phenoxy) is 1. The second kappa shape index (κ2) is 5.40. The summed E-state index contributed by atoms with van der Waals surface area (Å²) in [6.45, 7) is 5.94. The van der Waals surface area contributed by atoms with E-state index < -0.39 is 11.4 Å². The number of benzene rings is 1. The van der Waals surface area contributed by atoms with Crippen LogP contribution in [0.2, 0.25) is 0 Å². The van der Waals surface area contributed by atoms with E-state index in [9.17, 15) is 9.90 Å². The fourth-order valence-corrected chi connectivity index (χ4v) is 2.04. The first kappa shape index (κ1) is 14.5. The molecule has 0 aliphatic heterocycles. The summed E-state index contributed by atoms with van der Waals surface area (Å²) in [5.74, 6) is -0.272. The maximum atomic E-state index is 11.6. The molecule has 4 heteroatoms. The van der Waals surface area contributed by atoms with Gasteiger partial charge in [0.05, 0.1) is 12.5 Å². The Morgan fingerprint density at radius 1 is 1.39 bits per heavy atom. The van der Waals surface area contributed by atoms with E-state index in [1.54, 1.807) is 14.0 Å². The molecule has 1 atom stereocenters. The zero-order valence-electron chi connectivity index (χ0n) is 11.4. The van der Waals surface area contributed by atoms with Crippen LogP contribution in [0.15, 0.2) is 12.1 Å². The summed E-state index contributed by atoms with van der Waals surface area (Å²) in [6.07, 6.45) is 0.376. The number of carboxylic acids is 1. The monoisotopic (exact) mass is 251 g/mol. The lowest BCUT2D eigenvalue weighted by atomic mass is 9.78. The van der Waals surface area contributed by atoms with Crippen LogP contribution in [0.3, 0.4) is 0 Å². The second-order valence-corrected chi connectivity index (χ2v) is 4.81. The van der Waals surface area contributed by atoms with Crippen molar-refractivity contribution >= 4 is 5.97 Å². The van der Waals surface area contributed by atoms with Crippen LogP contribution in [0.25, 0.3) is 0 Å². The summed E-state index contributed by atoms with van der Waals surface area (Å²) in [4.78, 5) is 11.6. The highest BCUT2D eigenvalue weighted by molar-refractivity contribution is 5.82. The Kier molecular flexibility index (Phi) is 4.35. The highest BCUT2D eigenvalue weighted by Crippen LogP contribution is 2.36. The highest BCUT2D eigenvalue weighted by Gasteiger charge is 2.37. The van der Waals surface area contributed by atoms with E-state index in [1.165, 1.54) is 0 Å². The topological polar surface area (TPSA) is 72.5 Å². The number of carbonyl (C=O) groups is 1. The first-order chi connectivity index (χ1) is 8.36. The maximum absolute atomic E-state index is 11.6. The zero-order chi connectivity index (χ0) is 13.9. The van der Waals surface area contributed by atoms with E-state index in [2.05, 4.69) is 0 Å². The molecule has 1 rings (SSSR count). The largest absolute Gasteiger partial charge is 0.496 e. The van der Waals surface area contributed by atoms with Crippen molar-refractivity contribution in [3.05, 3.63) is 28.8 Å². The second-order valence-electron chi connectivity index (χ2n) is 4.81. The van der Waals surface area contributed by atoms with Gasteiger partial charge in [0, 0.05) is 5.56 Å². The Labute approximate surface area is 108 Å².